The molecule has 8 nitrogen and oxygen atoms in total. The molecule has 1 aromatic carbocycles. The average molecular weight is 491 g/mol. The quantitative estimate of drug-likeness (QED) is 0.568. The number of benzene rings is 1. The molecule has 11 heteroatoms. The largest absolute Gasteiger partial charge is 0.416 e. The molecule has 4 N–H and O–H groups in total. The zero-order valence-corrected chi connectivity index (χ0v) is 19.6. The number of nitrogens with one attached hydrogen (secondary N) is 1. The van der Waals surface area contributed by atoms with Crippen molar-refractivity contribution < 1.29 is 23.1 Å². The van der Waals surface area contributed by atoms with Crippen LogP contribution >= 0.6 is 0 Å². The number of anilines is 2. The first-order valence-corrected chi connectivity index (χ1v) is 11.6. The summed E-state index contributed by atoms with van der Waals surface area (Å²) in [5, 5.41) is 27.4. The third kappa shape index (κ3) is 5.28. The first-order chi connectivity index (χ1) is 16.4. The number of rotatable bonds is 6. The van der Waals surface area contributed by atoms with Gasteiger partial charge in [0.25, 0.3) is 5.91 Å². The van der Waals surface area contributed by atoms with E-state index in [1.165, 1.54) is 18.3 Å². The molecule has 2 aliphatic rings. The highest BCUT2D eigenvalue weighted by molar-refractivity contribution is 5.98. The van der Waals surface area contributed by atoms with E-state index in [1.807, 2.05) is 13.8 Å². The lowest BCUT2D eigenvalue weighted by Gasteiger charge is -2.51. The summed E-state index contributed by atoms with van der Waals surface area (Å²) in [7, 11) is 0. The molecule has 1 aromatic heterocycles. The van der Waals surface area contributed by atoms with Crippen molar-refractivity contribution in [2.24, 2.45) is 17.6 Å². The van der Waals surface area contributed by atoms with Crippen LogP contribution in [0.15, 0.2) is 30.5 Å². The lowest BCUT2D eigenvalue weighted by Crippen LogP contribution is -2.59. The van der Waals surface area contributed by atoms with Gasteiger partial charge >= 0.3 is 6.18 Å². The van der Waals surface area contributed by atoms with Crippen LogP contribution in [0.1, 0.15) is 55.1 Å². The number of carbonyl (C=O) groups excluding carboxylic acids is 1. The molecule has 1 amide bonds. The molecule has 4 rings (SSSR count). The Morgan fingerprint density at radius 2 is 1.89 bits per heavy atom. The number of nitrogens with zero attached hydrogens (tertiary/aromatic N) is 4. The Balaban J connectivity index is 1.48. The van der Waals surface area contributed by atoms with Crippen molar-refractivity contribution in [2.45, 2.75) is 57.0 Å². The van der Waals surface area contributed by atoms with Crippen LogP contribution in [0, 0.1) is 23.2 Å². The molecular formula is C24H29F3N6O2. The highest BCUT2D eigenvalue weighted by Gasteiger charge is 2.43. The van der Waals surface area contributed by atoms with Gasteiger partial charge in [0.05, 0.1) is 29.2 Å². The summed E-state index contributed by atoms with van der Waals surface area (Å²) in [6.45, 7) is 5.22. The Morgan fingerprint density at radius 3 is 2.43 bits per heavy atom. The first-order valence-electron chi connectivity index (χ1n) is 11.6. The van der Waals surface area contributed by atoms with Gasteiger partial charge in [-0.1, -0.05) is 0 Å². The van der Waals surface area contributed by atoms with E-state index in [2.05, 4.69) is 21.4 Å². The van der Waals surface area contributed by atoms with Crippen LogP contribution in [0.2, 0.25) is 0 Å². The van der Waals surface area contributed by atoms with Crippen molar-refractivity contribution in [3.05, 3.63) is 41.6 Å². The van der Waals surface area contributed by atoms with Crippen molar-refractivity contribution >= 4 is 17.4 Å². The zero-order chi connectivity index (χ0) is 25.5. The molecule has 35 heavy (non-hydrogen) atoms. The highest BCUT2D eigenvalue weighted by Crippen LogP contribution is 2.40. The van der Waals surface area contributed by atoms with Crippen molar-refractivity contribution in [2.75, 3.05) is 18.4 Å². The van der Waals surface area contributed by atoms with Crippen molar-refractivity contribution in [1.29, 1.82) is 5.26 Å². The monoisotopic (exact) mass is 490 g/mol. The van der Waals surface area contributed by atoms with E-state index in [9.17, 15) is 28.3 Å². The van der Waals surface area contributed by atoms with Gasteiger partial charge in [-0.25, -0.2) is 0 Å². The molecule has 3 atom stereocenters. The van der Waals surface area contributed by atoms with E-state index in [4.69, 9.17) is 5.73 Å². The van der Waals surface area contributed by atoms with Crippen molar-refractivity contribution in [3.63, 3.8) is 0 Å². The maximum atomic E-state index is 12.8. The molecule has 1 aliphatic heterocycles. The first kappa shape index (κ1) is 25.0. The number of primary amides is 1. The van der Waals surface area contributed by atoms with Gasteiger partial charge in [0, 0.05) is 36.9 Å². The number of hydrogen-bond donors (Lipinski definition) is 3. The zero-order valence-electron chi connectivity index (χ0n) is 19.6. The van der Waals surface area contributed by atoms with Gasteiger partial charge in [-0.3, -0.25) is 14.4 Å². The van der Waals surface area contributed by atoms with Crippen LogP contribution in [-0.4, -0.2) is 50.4 Å². The summed E-state index contributed by atoms with van der Waals surface area (Å²) in [4.78, 5) is 14.3. The Hall–Kier alpha value is -3.10. The van der Waals surface area contributed by atoms with Gasteiger partial charge in [-0.2, -0.15) is 23.5 Å². The van der Waals surface area contributed by atoms with Crippen molar-refractivity contribution in [3.8, 4) is 6.07 Å². The maximum Gasteiger partial charge on any atom is 0.416 e. The Labute approximate surface area is 201 Å². The molecule has 0 bridgehead atoms. The molecule has 0 spiro atoms. The minimum atomic E-state index is -4.45. The molecule has 1 aliphatic carbocycles. The molecule has 1 saturated heterocycles. The van der Waals surface area contributed by atoms with Gasteiger partial charge in [-0.05, 0) is 57.4 Å². The van der Waals surface area contributed by atoms with Gasteiger partial charge < -0.3 is 16.2 Å². The molecule has 188 valence electrons. The number of nitriles is 1. The minimum absolute atomic E-state index is 0.0967. The lowest BCUT2D eigenvalue weighted by atomic mass is 9.77. The summed E-state index contributed by atoms with van der Waals surface area (Å²) < 4.78 is 40.1. The number of carbonyl (C=O) groups is 1. The SMILES string of the molecule is CC(C)(O)C1CN([C@@H]2CC[C@H](n3cc(C(N)=O)c(Nc4ccc(C(F)(F)F)cc4)n3)[C@@H](C#N)C2)C1. The lowest BCUT2D eigenvalue weighted by molar-refractivity contribution is -0.137. The number of aliphatic hydroxyl groups is 1. The van der Waals surface area contributed by atoms with E-state index >= 15 is 0 Å². The summed E-state index contributed by atoms with van der Waals surface area (Å²) in [5.41, 5.74) is 4.44. The number of likely N-dealkylation sites (tertiary alicyclic amines) is 1. The van der Waals surface area contributed by atoms with Gasteiger partial charge in [-0.15, -0.1) is 0 Å². The minimum Gasteiger partial charge on any atom is -0.390 e. The topological polar surface area (TPSA) is 120 Å². The molecule has 2 aromatic rings. The molecule has 2 heterocycles. The van der Waals surface area contributed by atoms with Crippen LogP contribution in [0.3, 0.4) is 0 Å². The second-order valence-electron chi connectivity index (χ2n) is 10.0. The predicted molar refractivity (Wildman–Crippen MR) is 123 cm³/mol. The van der Waals surface area contributed by atoms with Gasteiger partial charge in [0.2, 0.25) is 0 Å². The summed E-state index contributed by atoms with van der Waals surface area (Å²) >= 11 is 0. The Bertz CT molecular complexity index is 1110. The van der Waals surface area contributed by atoms with E-state index in [0.29, 0.717) is 18.5 Å². The predicted octanol–water partition coefficient (Wildman–Crippen LogP) is 3.68. The van der Waals surface area contributed by atoms with Crippen LogP contribution in [0.5, 0.6) is 0 Å². The number of alkyl halides is 3. The normalized spacial score (nSPS) is 24.0. The molecule has 2 fully saturated rings. The maximum absolute atomic E-state index is 12.8. The number of halogens is 3. The van der Waals surface area contributed by atoms with Crippen LogP contribution in [0.25, 0.3) is 0 Å². The van der Waals surface area contributed by atoms with E-state index < -0.39 is 23.2 Å². The molecule has 0 radical (unpaired) electrons. The summed E-state index contributed by atoms with van der Waals surface area (Å²) in [6, 6.07) is 6.74. The molecular weight excluding hydrogens is 461 g/mol. The summed E-state index contributed by atoms with van der Waals surface area (Å²) in [5.74, 6) is -0.726. The number of hydrogen-bond acceptors (Lipinski definition) is 6. The second kappa shape index (κ2) is 9.17. The van der Waals surface area contributed by atoms with Gasteiger partial charge in [0.15, 0.2) is 5.82 Å². The second-order valence-corrected chi connectivity index (χ2v) is 10.0. The van der Waals surface area contributed by atoms with Crippen molar-refractivity contribution in [1.82, 2.24) is 14.7 Å². The third-order valence-corrected chi connectivity index (χ3v) is 7.19. The van der Waals surface area contributed by atoms with E-state index in [-0.39, 0.29) is 35.3 Å². The fraction of sp³-hybridized carbons (Fsp3) is 0.542. The van der Waals surface area contributed by atoms with Gasteiger partial charge in [0.1, 0.15) is 5.56 Å². The smallest absolute Gasteiger partial charge is 0.390 e. The molecule has 0 unspecified atom stereocenters. The third-order valence-electron chi connectivity index (χ3n) is 7.19. The van der Waals surface area contributed by atoms with Crippen LogP contribution < -0.4 is 11.1 Å². The molecule has 1 saturated carbocycles. The number of nitrogens with two attached hydrogens (primary N) is 1. The fourth-order valence-corrected chi connectivity index (χ4v) is 4.89. The average Bonchev–Trinajstić information content (AvgIpc) is 3.15. The summed E-state index contributed by atoms with van der Waals surface area (Å²) in [6.07, 6.45) is -0.791. The number of amides is 1. The van der Waals surface area contributed by atoms with Crippen LogP contribution in [0.4, 0.5) is 24.7 Å². The standard InChI is InChI=1S/C24H29F3N6O2/c1-23(2,35)16-11-32(12-16)18-7-8-20(14(9-18)10-28)33-13-19(21(29)34)22(31-33)30-17-5-3-15(4-6-17)24(25,26)27/h3-6,13-14,16,18,20,35H,7-9,11-12H2,1-2H3,(H2,29,34)(H,30,31)/t14-,18-,20+/m1/s1. The fourth-order valence-electron chi connectivity index (χ4n) is 4.89. The van der Waals surface area contributed by atoms with E-state index in [0.717, 1.165) is 31.6 Å². The Morgan fingerprint density at radius 1 is 1.23 bits per heavy atom. The highest BCUT2D eigenvalue weighted by atomic mass is 19.4. The number of aromatic nitrogens is 2. The Kier molecular flexibility index (Phi) is 6.55. The van der Waals surface area contributed by atoms with E-state index in [1.54, 1.807) is 4.68 Å². The van der Waals surface area contributed by atoms with Crippen LogP contribution in [-0.2, 0) is 6.18 Å².